The van der Waals surface area contributed by atoms with Crippen LogP contribution >= 0.6 is 0 Å². The Labute approximate surface area is 141 Å². The van der Waals surface area contributed by atoms with E-state index in [-0.39, 0.29) is 11.9 Å². The van der Waals surface area contributed by atoms with Gasteiger partial charge in [-0.1, -0.05) is 12.1 Å². The second-order valence-corrected chi connectivity index (χ2v) is 5.95. The first-order chi connectivity index (χ1) is 11.6. The van der Waals surface area contributed by atoms with Gasteiger partial charge in [-0.25, -0.2) is 0 Å². The molecule has 24 heavy (non-hydrogen) atoms. The number of hydrogen-bond acceptors (Lipinski definition) is 3. The van der Waals surface area contributed by atoms with E-state index in [0.29, 0.717) is 17.7 Å². The van der Waals surface area contributed by atoms with E-state index in [2.05, 4.69) is 0 Å². The minimum atomic E-state index is -0.494. The normalized spacial score (nSPS) is 13.4. The van der Waals surface area contributed by atoms with E-state index in [1.807, 2.05) is 29.2 Å². The summed E-state index contributed by atoms with van der Waals surface area (Å²) in [6, 6.07) is 14.5. The smallest absolute Gasteiger partial charge is 0.254 e. The molecule has 1 aliphatic rings. The maximum atomic E-state index is 12.8. The molecule has 2 amide bonds. The van der Waals surface area contributed by atoms with Crippen molar-refractivity contribution in [1.29, 1.82) is 0 Å². The van der Waals surface area contributed by atoms with Gasteiger partial charge in [-0.15, -0.1) is 0 Å². The number of methoxy groups -OCH3 is 1. The summed E-state index contributed by atoms with van der Waals surface area (Å²) < 4.78 is 5.16. The van der Waals surface area contributed by atoms with Crippen molar-refractivity contribution in [3.63, 3.8) is 0 Å². The number of nitrogens with two attached hydrogens (primary N) is 1. The van der Waals surface area contributed by atoms with Crippen molar-refractivity contribution >= 4 is 11.8 Å². The van der Waals surface area contributed by atoms with Crippen LogP contribution in [0.3, 0.4) is 0 Å². The van der Waals surface area contributed by atoms with Gasteiger partial charge in [0.2, 0.25) is 5.91 Å². The van der Waals surface area contributed by atoms with Crippen molar-refractivity contribution in [3.05, 3.63) is 65.2 Å². The van der Waals surface area contributed by atoms with Crippen molar-refractivity contribution in [1.82, 2.24) is 4.90 Å². The molecule has 1 saturated carbocycles. The summed E-state index contributed by atoms with van der Waals surface area (Å²) in [6.07, 6.45) is 2.06. The monoisotopic (exact) mass is 324 g/mol. The molecule has 0 atom stereocenters. The summed E-state index contributed by atoms with van der Waals surface area (Å²) in [5.41, 5.74) is 7.27. The van der Waals surface area contributed by atoms with Crippen molar-refractivity contribution in [2.75, 3.05) is 7.11 Å². The van der Waals surface area contributed by atoms with Gasteiger partial charge in [-0.2, -0.15) is 0 Å². The zero-order valence-electron chi connectivity index (χ0n) is 13.6. The molecule has 5 nitrogen and oxygen atoms in total. The van der Waals surface area contributed by atoms with E-state index in [0.717, 1.165) is 24.2 Å². The molecule has 0 heterocycles. The fourth-order valence-corrected chi connectivity index (χ4v) is 2.62. The lowest BCUT2D eigenvalue weighted by Crippen LogP contribution is -2.32. The van der Waals surface area contributed by atoms with Crippen LogP contribution in [0.5, 0.6) is 5.75 Å². The summed E-state index contributed by atoms with van der Waals surface area (Å²) in [7, 11) is 1.63. The second-order valence-electron chi connectivity index (χ2n) is 5.95. The van der Waals surface area contributed by atoms with E-state index in [4.69, 9.17) is 10.5 Å². The molecule has 124 valence electrons. The Bertz CT molecular complexity index is 734. The number of ether oxygens (including phenoxy) is 1. The third-order valence-electron chi connectivity index (χ3n) is 4.18. The molecule has 3 rings (SSSR count). The van der Waals surface area contributed by atoms with Crippen LogP contribution in [0.2, 0.25) is 0 Å². The third-order valence-corrected chi connectivity index (χ3v) is 4.18. The lowest BCUT2D eigenvalue weighted by molar-refractivity contribution is 0.0729. The highest BCUT2D eigenvalue weighted by atomic mass is 16.5. The lowest BCUT2D eigenvalue weighted by Gasteiger charge is -2.23. The Kier molecular flexibility index (Phi) is 4.51. The molecule has 1 aliphatic carbocycles. The number of primary amides is 1. The molecule has 0 saturated heterocycles. The van der Waals surface area contributed by atoms with Crippen molar-refractivity contribution in [3.8, 4) is 5.75 Å². The van der Waals surface area contributed by atoms with Crippen LogP contribution in [0.1, 0.15) is 39.1 Å². The first-order valence-corrected chi connectivity index (χ1v) is 7.92. The molecule has 2 N–H and O–H groups in total. The Hall–Kier alpha value is -2.82. The first-order valence-electron chi connectivity index (χ1n) is 7.92. The number of nitrogens with zero attached hydrogens (tertiary/aromatic N) is 1. The van der Waals surface area contributed by atoms with Gasteiger partial charge in [-0.3, -0.25) is 9.59 Å². The van der Waals surface area contributed by atoms with Crippen molar-refractivity contribution < 1.29 is 14.3 Å². The number of amides is 2. The van der Waals surface area contributed by atoms with Crippen molar-refractivity contribution in [2.45, 2.75) is 25.4 Å². The highest BCUT2D eigenvalue weighted by molar-refractivity contribution is 5.97. The summed E-state index contributed by atoms with van der Waals surface area (Å²) in [6.45, 7) is 0.561. The Morgan fingerprint density at radius 3 is 2.12 bits per heavy atom. The van der Waals surface area contributed by atoms with E-state index >= 15 is 0 Å². The zero-order chi connectivity index (χ0) is 17.1. The van der Waals surface area contributed by atoms with Gasteiger partial charge >= 0.3 is 0 Å². The van der Waals surface area contributed by atoms with Gasteiger partial charge in [-0.05, 0) is 54.8 Å². The van der Waals surface area contributed by atoms with E-state index < -0.39 is 5.91 Å². The van der Waals surface area contributed by atoms with Gasteiger partial charge in [0.1, 0.15) is 5.75 Å². The number of rotatable bonds is 6. The SMILES string of the molecule is COc1ccc(CN(C(=O)c2ccc(C(N)=O)cc2)C2CC2)cc1. The van der Waals surface area contributed by atoms with Crippen LogP contribution in [0.4, 0.5) is 0 Å². The second kappa shape index (κ2) is 6.74. The maximum absolute atomic E-state index is 12.8. The van der Waals surface area contributed by atoms with Crippen LogP contribution < -0.4 is 10.5 Å². The summed E-state index contributed by atoms with van der Waals surface area (Å²) in [5.74, 6) is 0.278. The number of benzene rings is 2. The quantitative estimate of drug-likeness (QED) is 0.887. The Morgan fingerprint density at radius 1 is 1.04 bits per heavy atom. The topological polar surface area (TPSA) is 72.6 Å². The van der Waals surface area contributed by atoms with Crippen LogP contribution in [0.25, 0.3) is 0 Å². The minimum absolute atomic E-state index is 0.0238. The molecule has 5 heteroatoms. The van der Waals surface area contributed by atoms with Crippen LogP contribution in [0.15, 0.2) is 48.5 Å². The van der Waals surface area contributed by atoms with E-state index in [9.17, 15) is 9.59 Å². The standard InChI is InChI=1S/C19H20N2O3/c1-24-17-10-2-13(3-11-17)12-21(16-8-9-16)19(23)15-6-4-14(5-7-15)18(20)22/h2-7,10-11,16H,8-9,12H2,1H3,(H2,20,22). The van der Waals surface area contributed by atoms with E-state index in [1.165, 1.54) is 0 Å². The van der Waals surface area contributed by atoms with Gasteiger partial charge < -0.3 is 15.4 Å². The predicted octanol–water partition coefficient (Wildman–Crippen LogP) is 2.60. The van der Waals surface area contributed by atoms with Gasteiger partial charge in [0, 0.05) is 23.7 Å². The molecule has 1 fully saturated rings. The Balaban J connectivity index is 1.77. The third kappa shape index (κ3) is 3.56. The van der Waals surface area contributed by atoms with Gasteiger partial charge in [0.25, 0.3) is 5.91 Å². The largest absolute Gasteiger partial charge is 0.497 e. The molecule has 0 aromatic heterocycles. The fourth-order valence-electron chi connectivity index (χ4n) is 2.62. The molecule has 0 unspecified atom stereocenters. The predicted molar refractivity (Wildman–Crippen MR) is 90.8 cm³/mol. The summed E-state index contributed by atoms with van der Waals surface area (Å²) in [4.78, 5) is 25.9. The highest BCUT2D eigenvalue weighted by Crippen LogP contribution is 2.30. The highest BCUT2D eigenvalue weighted by Gasteiger charge is 2.33. The number of hydrogen-bond donors (Lipinski definition) is 1. The molecule has 2 aromatic rings. The summed E-state index contributed by atoms with van der Waals surface area (Å²) >= 11 is 0. The van der Waals surface area contributed by atoms with E-state index in [1.54, 1.807) is 31.4 Å². The van der Waals surface area contributed by atoms with Crippen molar-refractivity contribution in [2.24, 2.45) is 5.73 Å². The van der Waals surface area contributed by atoms with Gasteiger partial charge in [0.15, 0.2) is 0 Å². The Morgan fingerprint density at radius 2 is 1.62 bits per heavy atom. The average molecular weight is 324 g/mol. The fraction of sp³-hybridized carbons (Fsp3) is 0.263. The van der Waals surface area contributed by atoms with Gasteiger partial charge in [0.05, 0.1) is 7.11 Å². The molecular formula is C19H20N2O3. The zero-order valence-corrected chi connectivity index (χ0v) is 13.6. The average Bonchev–Trinajstić information content (AvgIpc) is 3.44. The molecule has 0 bridgehead atoms. The molecule has 0 aliphatic heterocycles. The summed E-state index contributed by atoms with van der Waals surface area (Å²) in [5, 5.41) is 0. The number of carbonyl (C=O) groups is 2. The molecule has 0 radical (unpaired) electrons. The van der Waals surface area contributed by atoms with Crippen LogP contribution in [0, 0.1) is 0 Å². The molecule has 2 aromatic carbocycles. The molecular weight excluding hydrogens is 304 g/mol. The lowest BCUT2D eigenvalue weighted by atomic mass is 10.1. The first kappa shape index (κ1) is 16.1. The molecule has 0 spiro atoms. The van der Waals surface area contributed by atoms with Crippen LogP contribution in [-0.2, 0) is 6.54 Å². The minimum Gasteiger partial charge on any atom is -0.497 e. The van der Waals surface area contributed by atoms with Crippen LogP contribution in [-0.4, -0.2) is 29.9 Å². The maximum Gasteiger partial charge on any atom is 0.254 e. The number of carbonyl (C=O) groups excluding carboxylic acids is 2.